The second-order valence-electron chi connectivity index (χ2n) is 6.26. The second-order valence-corrected chi connectivity index (χ2v) is 7.83. The number of alkyl halides is 3. The number of rotatable bonds is 7. The highest BCUT2D eigenvalue weighted by Gasteiger charge is 2.39. The third-order valence-corrected chi connectivity index (χ3v) is 4.37. The van der Waals surface area contributed by atoms with Gasteiger partial charge in [-0.25, -0.2) is 0 Å². The first-order chi connectivity index (χ1) is 12.4. The monoisotopic (exact) mass is 403 g/mol. The fourth-order valence-corrected chi connectivity index (χ4v) is 3.16. The Morgan fingerprint density at radius 3 is 2.26 bits per heavy atom. The van der Waals surface area contributed by atoms with E-state index in [1.807, 2.05) is 30.3 Å². The smallest absolute Gasteiger partial charge is 0.383 e. The average Bonchev–Trinajstić information content (AvgIpc) is 2.53. The van der Waals surface area contributed by atoms with E-state index in [2.05, 4.69) is 4.18 Å². The molecule has 1 atom stereocenters. The lowest BCUT2D eigenvalue weighted by molar-refractivity contribution is -0.141. The zero-order valence-electron chi connectivity index (χ0n) is 14.5. The van der Waals surface area contributed by atoms with Gasteiger partial charge in [0.1, 0.15) is 11.5 Å². The van der Waals surface area contributed by atoms with Crippen molar-refractivity contribution >= 4 is 10.1 Å². The van der Waals surface area contributed by atoms with Gasteiger partial charge in [-0.3, -0.25) is 5.73 Å². The normalized spacial score (nSPS) is 14.6. The van der Waals surface area contributed by atoms with E-state index in [1.165, 1.54) is 0 Å². The Hall–Kier alpha value is -2.10. The van der Waals surface area contributed by atoms with Crippen LogP contribution in [-0.4, -0.2) is 19.8 Å². The lowest BCUT2D eigenvalue weighted by Gasteiger charge is -2.27. The van der Waals surface area contributed by atoms with Crippen molar-refractivity contribution in [2.75, 3.05) is 6.26 Å². The summed E-state index contributed by atoms with van der Waals surface area (Å²) in [4.78, 5) is 0. The van der Waals surface area contributed by atoms with Crippen LogP contribution in [0.1, 0.15) is 29.5 Å². The lowest BCUT2D eigenvalue weighted by Crippen LogP contribution is -2.38. The van der Waals surface area contributed by atoms with Gasteiger partial charge in [-0.1, -0.05) is 36.4 Å². The maximum atomic E-state index is 13.4. The molecule has 0 heterocycles. The minimum atomic E-state index is -4.85. The van der Waals surface area contributed by atoms with Gasteiger partial charge in [0.15, 0.2) is 0 Å². The van der Waals surface area contributed by atoms with E-state index < -0.39 is 38.9 Å². The first-order valence-corrected chi connectivity index (χ1v) is 9.86. The molecule has 0 radical (unpaired) electrons. The molecule has 5 nitrogen and oxygen atoms in total. The molecule has 0 saturated heterocycles. The summed E-state index contributed by atoms with van der Waals surface area (Å²) in [6.07, 6.45) is -3.35. The first-order valence-electron chi connectivity index (χ1n) is 8.05. The Balaban J connectivity index is 2.25. The standard InChI is InChI=1S/C18H20F3NO4S/c1-27(24,25)26-14-9-10-15(16(12-14)18(19,20)21)17(22,23)11-5-8-13-6-3-2-4-7-13/h2-4,6-7,9-10,12,23H,5,8,11,22H2,1H3. The molecule has 1 unspecified atom stereocenters. The molecule has 0 aliphatic carbocycles. The van der Waals surface area contributed by atoms with Crippen molar-refractivity contribution in [1.29, 1.82) is 0 Å². The highest BCUT2D eigenvalue weighted by Crippen LogP contribution is 2.39. The molecule has 2 rings (SSSR count). The molecular formula is C18H20F3NO4S. The SMILES string of the molecule is CS(=O)(=O)Oc1ccc(C(N)(O)CCCc2ccccc2)c(C(F)(F)F)c1. The van der Waals surface area contributed by atoms with E-state index in [9.17, 15) is 26.7 Å². The number of nitrogens with two attached hydrogens (primary N) is 1. The molecule has 0 aromatic heterocycles. The summed E-state index contributed by atoms with van der Waals surface area (Å²) < 4.78 is 67.0. The minimum absolute atomic E-state index is 0.114. The minimum Gasteiger partial charge on any atom is -0.383 e. The Bertz CT molecular complexity index is 881. The topological polar surface area (TPSA) is 89.6 Å². The summed E-state index contributed by atoms with van der Waals surface area (Å²) in [5, 5.41) is 10.5. The van der Waals surface area contributed by atoms with Gasteiger partial charge in [-0.2, -0.15) is 21.6 Å². The van der Waals surface area contributed by atoms with Crippen LogP contribution in [0.15, 0.2) is 48.5 Å². The van der Waals surface area contributed by atoms with E-state index in [1.54, 1.807) is 0 Å². The summed E-state index contributed by atoms with van der Waals surface area (Å²) in [5.74, 6) is -0.506. The van der Waals surface area contributed by atoms with E-state index in [-0.39, 0.29) is 6.42 Å². The second kappa shape index (κ2) is 7.87. The molecule has 2 aromatic carbocycles. The van der Waals surface area contributed by atoms with Crippen LogP contribution in [0.2, 0.25) is 0 Å². The fourth-order valence-electron chi connectivity index (χ4n) is 2.70. The Morgan fingerprint density at radius 1 is 1.07 bits per heavy atom. The van der Waals surface area contributed by atoms with Gasteiger partial charge < -0.3 is 9.29 Å². The maximum Gasteiger partial charge on any atom is 0.416 e. The largest absolute Gasteiger partial charge is 0.416 e. The molecule has 0 fully saturated rings. The van der Waals surface area contributed by atoms with E-state index in [0.717, 1.165) is 24.0 Å². The summed E-state index contributed by atoms with van der Waals surface area (Å²) in [5.41, 5.74) is 2.73. The predicted octanol–water partition coefficient (Wildman–Crippen LogP) is 3.17. The van der Waals surface area contributed by atoms with Crippen molar-refractivity contribution in [3.63, 3.8) is 0 Å². The van der Waals surface area contributed by atoms with Crippen LogP contribution in [0.4, 0.5) is 13.2 Å². The van der Waals surface area contributed by atoms with Gasteiger partial charge in [-0.05, 0) is 37.0 Å². The van der Waals surface area contributed by atoms with E-state index in [4.69, 9.17) is 5.73 Å². The molecule has 0 aliphatic rings. The first kappa shape index (κ1) is 21.2. The van der Waals surface area contributed by atoms with Crippen molar-refractivity contribution in [2.45, 2.75) is 31.2 Å². The highest BCUT2D eigenvalue weighted by molar-refractivity contribution is 7.86. The quantitative estimate of drug-likeness (QED) is 0.548. The lowest BCUT2D eigenvalue weighted by atomic mass is 9.92. The fraction of sp³-hybridized carbons (Fsp3) is 0.333. The third-order valence-electron chi connectivity index (χ3n) is 3.88. The molecule has 0 bridgehead atoms. The number of aryl methyl sites for hydroxylation is 1. The van der Waals surface area contributed by atoms with Crippen molar-refractivity contribution in [1.82, 2.24) is 0 Å². The zero-order valence-corrected chi connectivity index (χ0v) is 15.3. The van der Waals surface area contributed by atoms with Crippen LogP contribution >= 0.6 is 0 Å². The highest BCUT2D eigenvalue weighted by atomic mass is 32.2. The number of benzene rings is 2. The summed E-state index contributed by atoms with van der Waals surface area (Å²) in [6.45, 7) is 0. The van der Waals surface area contributed by atoms with E-state index in [0.29, 0.717) is 18.9 Å². The number of aliphatic hydroxyl groups is 1. The van der Waals surface area contributed by atoms with Crippen LogP contribution in [0, 0.1) is 0 Å². The molecule has 0 saturated carbocycles. The average molecular weight is 403 g/mol. The van der Waals surface area contributed by atoms with Crippen LogP contribution in [0.5, 0.6) is 5.75 Å². The van der Waals surface area contributed by atoms with Gasteiger partial charge in [0.2, 0.25) is 0 Å². The summed E-state index contributed by atoms with van der Waals surface area (Å²) in [6, 6.07) is 11.7. The van der Waals surface area contributed by atoms with Gasteiger partial charge in [0, 0.05) is 5.56 Å². The molecule has 0 spiro atoms. The number of hydrogen-bond donors (Lipinski definition) is 2. The Kier molecular flexibility index (Phi) is 6.18. The summed E-state index contributed by atoms with van der Waals surface area (Å²) >= 11 is 0. The number of halogens is 3. The zero-order chi connectivity index (χ0) is 20.3. The van der Waals surface area contributed by atoms with E-state index >= 15 is 0 Å². The predicted molar refractivity (Wildman–Crippen MR) is 94.4 cm³/mol. The van der Waals surface area contributed by atoms with Crippen molar-refractivity contribution in [2.24, 2.45) is 5.73 Å². The summed E-state index contributed by atoms with van der Waals surface area (Å²) in [7, 11) is -3.99. The van der Waals surface area contributed by atoms with Crippen LogP contribution in [0.25, 0.3) is 0 Å². The van der Waals surface area contributed by atoms with Crippen molar-refractivity contribution in [3.05, 3.63) is 65.2 Å². The Labute approximate surface area is 155 Å². The Morgan fingerprint density at radius 2 is 1.70 bits per heavy atom. The number of hydrogen-bond acceptors (Lipinski definition) is 5. The van der Waals surface area contributed by atoms with Gasteiger partial charge >= 0.3 is 16.3 Å². The molecule has 0 amide bonds. The third kappa shape index (κ3) is 6.23. The maximum absolute atomic E-state index is 13.4. The van der Waals surface area contributed by atoms with Gasteiger partial charge in [-0.15, -0.1) is 0 Å². The molecule has 27 heavy (non-hydrogen) atoms. The van der Waals surface area contributed by atoms with Crippen LogP contribution in [0.3, 0.4) is 0 Å². The van der Waals surface area contributed by atoms with Gasteiger partial charge in [0.05, 0.1) is 11.8 Å². The van der Waals surface area contributed by atoms with Crippen molar-refractivity contribution < 1.29 is 30.9 Å². The van der Waals surface area contributed by atoms with Crippen molar-refractivity contribution in [3.8, 4) is 5.75 Å². The molecule has 0 aliphatic heterocycles. The molecule has 9 heteroatoms. The molecule has 2 aromatic rings. The van der Waals surface area contributed by atoms with Crippen LogP contribution in [-0.2, 0) is 28.4 Å². The van der Waals surface area contributed by atoms with Gasteiger partial charge in [0.25, 0.3) is 0 Å². The molecular weight excluding hydrogens is 383 g/mol. The molecule has 148 valence electrons. The molecule has 3 N–H and O–H groups in total. The van der Waals surface area contributed by atoms with Crippen LogP contribution < -0.4 is 9.92 Å².